The van der Waals surface area contributed by atoms with E-state index in [0.29, 0.717) is 19.6 Å². The molecule has 0 spiro atoms. The van der Waals surface area contributed by atoms with Crippen LogP contribution >= 0.6 is 11.3 Å². The van der Waals surface area contributed by atoms with Gasteiger partial charge < -0.3 is 14.7 Å². The summed E-state index contributed by atoms with van der Waals surface area (Å²) in [6.45, 7) is 6.81. The van der Waals surface area contributed by atoms with Crippen molar-refractivity contribution in [1.82, 2.24) is 9.88 Å². The van der Waals surface area contributed by atoms with E-state index in [-0.39, 0.29) is 35.3 Å². The molecule has 1 saturated carbocycles. The standard InChI is InChI=1S/C33H41N3O5S2/c1-21-7-10-30(41-18-26-9-8-23(14-22(26)2)15-35(3)27-11-12-43(39,40)20-27)28(13-21)29-19-42-33(34-29)36-16-24-5-4-6-25(17-36)31(24)32(37)38/h7-10,13-14,19,24-25,27,31H,4-6,11-12,15-18,20H2,1-3H3,(H,37,38)/t24-,25+,27-,31?/m1/s1. The quantitative estimate of drug-likeness (QED) is 0.331. The average molecular weight is 624 g/mol. The van der Waals surface area contributed by atoms with E-state index in [2.05, 4.69) is 59.4 Å². The number of carbonyl (C=O) groups is 1. The minimum atomic E-state index is -2.90. The smallest absolute Gasteiger partial charge is 0.307 e. The van der Waals surface area contributed by atoms with Crippen LogP contribution in [0.15, 0.2) is 41.8 Å². The SMILES string of the molecule is Cc1ccc(OCc2ccc(CN(C)[C@@H]3CCS(=O)(=O)C3)cc2C)c(-c2csc(N3C[C@H]4CCC[C@@H](C3)C4C(=O)O)n2)c1. The first kappa shape index (κ1) is 30.1. The van der Waals surface area contributed by atoms with Gasteiger partial charge >= 0.3 is 5.97 Å². The molecule has 10 heteroatoms. The van der Waals surface area contributed by atoms with E-state index >= 15 is 0 Å². The Labute approximate surface area is 258 Å². The summed E-state index contributed by atoms with van der Waals surface area (Å²) in [5, 5.41) is 12.8. The van der Waals surface area contributed by atoms with Crippen LogP contribution in [0.4, 0.5) is 5.13 Å². The van der Waals surface area contributed by atoms with Crippen LogP contribution < -0.4 is 9.64 Å². The lowest BCUT2D eigenvalue weighted by atomic mass is 9.69. The van der Waals surface area contributed by atoms with Gasteiger partial charge in [-0.05, 0) is 80.8 Å². The predicted octanol–water partition coefficient (Wildman–Crippen LogP) is 5.56. The molecule has 2 aromatic carbocycles. The molecule has 3 aromatic rings. The van der Waals surface area contributed by atoms with Gasteiger partial charge in [0.25, 0.3) is 0 Å². The van der Waals surface area contributed by atoms with Gasteiger partial charge in [-0.15, -0.1) is 11.3 Å². The Morgan fingerprint density at radius 3 is 2.56 bits per heavy atom. The van der Waals surface area contributed by atoms with E-state index in [0.717, 1.165) is 76.7 Å². The molecule has 2 bridgehead atoms. The predicted molar refractivity (Wildman–Crippen MR) is 170 cm³/mol. The average Bonchev–Trinajstić information content (AvgIpc) is 3.59. The van der Waals surface area contributed by atoms with Crippen LogP contribution in [0.2, 0.25) is 0 Å². The number of fused-ring (bicyclic) bond motifs is 2. The highest BCUT2D eigenvalue weighted by Crippen LogP contribution is 2.43. The van der Waals surface area contributed by atoms with Gasteiger partial charge in [-0.3, -0.25) is 9.69 Å². The summed E-state index contributed by atoms with van der Waals surface area (Å²) in [6.07, 6.45) is 3.76. The summed E-state index contributed by atoms with van der Waals surface area (Å²) >= 11 is 1.62. The van der Waals surface area contributed by atoms with E-state index < -0.39 is 15.8 Å². The van der Waals surface area contributed by atoms with Crippen molar-refractivity contribution in [2.75, 3.05) is 36.5 Å². The van der Waals surface area contributed by atoms with Gasteiger partial charge in [-0.1, -0.05) is 36.2 Å². The van der Waals surface area contributed by atoms with Gasteiger partial charge in [0.05, 0.1) is 23.1 Å². The topological polar surface area (TPSA) is 100 Å². The highest BCUT2D eigenvalue weighted by atomic mass is 32.2. The van der Waals surface area contributed by atoms with Crippen LogP contribution in [0.3, 0.4) is 0 Å². The van der Waals surface area contributed by atoms with Crippen LogP contribution in [0.5, 0.6) is 5.75 Å². The number of aliphatic carboxylic acids is 1. The molecule has 0 radical (unpaired) electrons. The van der Waals surface area contributed by atoms with Gasteiger partial charge in [0, 0.05) is 36.6 Å². The number of ether oxygens (including phenoxy) is 1. The van der Waals surface area contributed by atoms with E-state index in [1.54, 1.807) is 11.3 Å². The van der Waals surface area contributed by atoms with Gasteiger partial charge in [0.2, 0.25) is 0 Å². The fourth-order valence-corrected chi connectivity index (χ4v) is 9.86. The van der Waals surface area contributed by atoms with Gasteiger partial charge in [-0.25, -0.2) is 13.4 Å². The largest absolute Gasteiger partial charge is 0.488 e. The second kappa shape index (κ2) is 12.2. The number of piperidine rings is 1. The van der Waals surface area contributed by atoms with Crippen molar-refractivity contribution in [3.63, 3.8) is 0 Å². The first-order valence-electron chi connectivity index (χ1n) is 15.2. The van der Waals surface area contributed by atoms with E-state index in [1.165, 1.54) is 0 Å². The van der Waals surface area contributed by atoms with Crippen LogP contribution in [0, 0.1) is 31.6 Å². The number of rotatable bonds is 9. The van der Waals surface area contributed by atoms with Crippen molar-refractivity contribution in [2.45, 2.75) is 58.7 Å². The molecule has 3 heterocycles. The molecule has 230 valence electrons. The van der Waals surface area contributed by atoms with Crippen molar-refractivity contribution in [3.05, 3.63) is 64.0 Å². The molecular formula is C33H41N3O5S2. The number of benzene rings is 2. The number of carboxylic acids is 1. The van der Waals surface area contributed by atoms with Crippen LogP contribution in [-0.2, 0) is 27.8 Å². The molecule has 6 rings (SSSR count). The Morgan fingerprint density at radius 2 is 1.88 bits per heavy atom. The third-order valence-corrected chi connectivity index (χ3v) is 12.2. The highest BCUT2D eigenvalue weighted by Gasteiger charge is 2.44. The lowest BCUT2D eigenvalue weighted by Crippen LogP contribution is -2.51. The number of nitrogens with zero attached hydrogens (tertiary/aromatic N) is 3. The maximum atomic E-state index is 11.9. The molecule has 3 aliphatic rings. The van der Waals surface area contributed by atoms with E-state index in [1.807, 2.05) is 13.1 Å². The number of aromatic nitrogens is 1. The monoisotopic (exact) mass is 623 g/mol. The molecule has 2 aliphatic heterocycles. The van der Waals surface area contributed by atoms with Gasteiger partial charge in [0.15, 0.2) is 15.0 Å². The van der Waals surface area contributed by atoms with Crippen molar-refractivity contribution in [2.24, 2.45) is 17.8 Å². The number of carboxylic acid groups (broad SMARTS) is 1. The Hall–Kier alpha value is -2.95. The molecule has 1 N–H and O–H groups in total. The molecule has 0 amide bonds. The third kappa shape index (κ3) is 6.61. The lowest BCUT2D eigenvalue weighted by molar-refractivity contribution is -0.148. The maximum absolute atomic E-state index is 11.9. The molecule has 8 nitrogen and oxygen atoms in total. The van der Waals surface area contributed by atoms with Crippen molar-refractivity contribution in [3.8, 4) is 17.0 Å². The van der Waals surface area contributed by atoms with Crippen molar-refractivity contribution < 1.29 is 23.1 Å². The Balaban J connectivity index is 1.13. The summed E-state index contributed by atoms with van der Waals surface area (Å²) in [4.78, 5) is 21.4. The Bertz CT molecular complexity index is 1590. The number of sulfone groups is 1. The van der Waals surface area contributed by atoms with Crippen LogP contribution in [0.25, 0.3) is 11.3 Å². The summed E-state index contributed by atoms with van der Waals surface area (Å²) < 4.78 is 30.2. The molecule has 4 atom stereocenters. The number of hydrogen-bond acceptors (Lipinski definition) is 8. The second-order valence-corrected chi connectivity index (χ2v) is 15.8. The maximum Gasteiger partial charge on any atom is 0.307 e. The number of thiazole rings is 1. The first-order chi connectivity index (χ1) is 20.6. The molecular weight excluding hydrogens is 583 g/mol. The van der Waals surface area contributed by atoms with Gasteiger partial charge in [0.1, 0.15) is 12.4 Å². The zero-order valence-corrected chi connectivity index (χ0v) is 26.8. The summed E-state index contributed by atoms with van der Waals surface area (Å²) in [6, 6.07) is 12.7. The highest BCUT2D eigenvalue weighted by molar-refractivity contribution is 7.91. The lowest BCUT2D eigenvalue weighted by Gasteiger charge is -2.45. The minimum absolute atomic E-state index is 0.0794. The summed E-state index contributed by atoms with van der Waals surface area (Å²) in [5.41, 5.74) is 6.39. The molecule has 1 aliphatic carbocycles. The molecule has 1 aromatic heterocycles. The fourth-order valence-electron chi connectivity index (χ4n) is 7.21. The normalized spacial score (nSPS) is 24.8. The Morgan fingerprint density at radius 1 is 1.12 bits per heavy atom. The molecule has 1 unspecified atom stereocenters. The Kier molecular flexibility index (Phi) is 8.54. The number of hydrogen-bond donors (Lipinski definition) is 1. The zero-order valence-electron chi connectivity index (χ0n) is 25.2. The number of anilines is 1. The molecule has 2 saturated heterocycles. The number of aryl methyl sites for hydroxylation is 2. The first-order valence-corrected chi connectivity index (χ1v) is 17.9. The van der Waals surface area contributed by atoms with E-state index in [4.69, 9.17) is 9.72 Å². The molecule has 3 fully saturated rings. The zero-order chi connectivity index (χ0) is 30.3. The third-order valence-electron chi connectivity index (χ3n) is 9.59. The summed E-state index contributed by atoms with van der Waals surface area (Å²) in [7, 11) is -0.900. The second-order valence-electron chi connectivity index (χ2n) is 12.8. The summed E-state index contributed by atoms with van der Waals surface area (Å²) in [5.74, 6) is 0.813. The molecule has 43 heavy (non-hydrogen) atoms. The van der Waals surface area contributed by atoms with Crippen LogP contribution in [0.1, 0.15) is 47.9 Å². The van der Waals surface area contributed by atoms with Crippen molar-refractivity contribution >= 4 is 32.3 Å². The van der Waals surface area contributed by atoms with Gasteiger partial charge in [-0.2, -0.15) is 0 Å². The van der Waals surface area contributed by atoms with Crippen molar-refractivity contribution in [1.29, 1.82) is 0 Å². The minimum Gasteiger partial charge on any atom is -0.488 e. The van der Waals surface area contributed by atoms with Crippen LogP contribution in [-0.4, -0.2) is 67.1 Å². The van der Waals surface area contributed by atoms with E-state index in [9.17, 15) is 18.3 Å². The fraction of sp³-hybridized carbons (Fsp3) is 0.515.